The van der Waals surface area contributed by atoms with Crippen molar-refractivity contribution in [1.29, 1.82) is 0 Å². The SMILES string of the molecule is C[C@@H]1COc2cc(F)ccc2[C@H]1NS(N)(=O)=O. The molecule has 1 heterocycles. The van der Waals surface area contributed by atoms with Crippen LogP contribution >= 0.6 is 0 Å². The van der Waals surface area contributed by atoms with E-state index in [2.05, 4.69) is 4.72 Å². The number of rotatable bonds is 2. The van der Waals surface area contributed by atoms with Crippen molar-refractivity contribution in [3.05, 3.63) is 29.6 Å². The summed E-state index contributed by atoms with van der Waals surface area (Å²) in [4.78, 5) is 0. The molecule has 0 fully saturated rings. The number of ether oxygens (including phenoxy) is 1. The summed E-state index contributed by atoms with van der Waals surface area (Å²) in [6, 6.07) is 3.51. The van der Waals surface area contributed by atoms with Crippen LogP contribution in [0.25, 0.3) is 0 Å². The van der Waals surface area contributed by atoms with Crippen molar-refractivity contribution >= 4 is 10.2 Å². The van der Waals surface area contributed by atoms with Crippen molar-refractivity contribution in [2.75, 3.05) is 6.61 Å². The molecular formula is C10H13FN2O3S. The minimum absolute atomic E-state index is 0.0775. The fourth-order valence-electron chi connectivity index (χ4n) is 1.87. The van der Waals surface area contributed by atoms with Crippen LogP contribution in [0.3, 0.4) is 0 Å². The molecule has 2 rings (SSSR count). The Labute approximate surface area is 99.0 Å². The average Bonchev–Trinajstić information content (AvgIpc) is 2.21. The standard InChI is InChI=1S/C10H13FN2O3S/c1-6-5-16-9-4-7(11)2-3-8(9)10(6)13-17(12,14)15/h2-4,6,10,13H,5H2,1H3,(H2,12,14,15)/t6-,10+/m1/s1. The number of hydrogen-bond donors (Lipinski definition) is 2. The molecule has 0 aromatic heterocycles. The molecule has 0 saturated heterocycles. The first kappa shape index (κ1) is 12.3. The smallest absolute Gasteiger partial charge is 0.274 e. The van der Waals surface area contributed by atoms with Gasteiger partial charge in [0, 0.05) is 17.5 Å². The fraction of sp³-hybridized carbons (Fsp3) is 0.400. The van der Waals surface area contributed by atoms with Crippen LogP contribution < -0.4 is 14.6 Å². The molecule has 1 aliphatic heterocycles. The highest BCUT2D eigenvalue weighted by atomic mass is 32.2. The molecule has 0 spiro atoms. The molecule has 0 saturated carbocycles. The molecule has 0 bridgehead atoms. The minimum Gasteiger partial charge on any atom is -0.493 e. The van der Waals surface area contributed by atoms with Crippen molar-refractivity contribution < 1.29 is 17.5 Å². The number of benzene rings is 1. The Morgan fingerprint density at radius 2 is 2.24 bits per heavy atom. The first-order valence-corrected chi connectivity index (χ1v) is 6.64. The molecule has 0 amide bonds. The predicted octanol–water partition coefficient (Wildman–Crippen LogP) is 0.688. The molecule has 0 radical (unpaired) electrons. The Balaban J connectivity index is 2.40. The van der Waals surface area contributed by atoms with Gasteiger partial charge in [-0.25, -0.2) is 9.53 Å². The second kappa shape index (κ2) is 4.25. The normalized spacial score (nSPS) is 23.9. The summed E-state index contributed by atoms with van der Waals surface area (Å²) in [6.45, 7) is 2.14. The summed E-state index contributed by atoms with van der Waals surface area (Å²) in [6.07, 6.45) is 0. The van der Waals surface area contributed by atoms with Crippen molar-refractivity contribution in [3.8, 4) is 5.75 Å². The lowest BCUT2D eigenvalue weighted by Gasteiger charge is -2.31. The van der Waals surface area contributed by atoms with Crippen molar-refractivity contribution in [2.24, 2.45) is 11.1 Å². The highest BCUT2D eigenvalue weighted by molar-refractivity contribution is 7.87. The zero-order valence-electron chi connectivity index (χ0n) is 9.18. The maximum absolute atomic E-state index is 13.0. The van der Waals surface area contributed by atoms with Gasteiger partial charge in [-0.2, -0.15) is 13.1 Å². The van der Waals surface area contributed by atoms with E-state index < -0.39 is 22.1 Å². The Morgan fingerprint density at radius 3 is 2.88 bits per heavy atom. The Bertz CT molecular complexity index is 532. The van der Waals surface area contributed by atoms with E-state index in [-0.39, 0.29) is 5.92 Å². The summed E-state index contributed by atoms with van der Waals surface area (Å²) in [7, 11) is -3.81. The van der Waals surface area contributed by atoms with Crippen LogP contribution in [0.5, 0.6) is 5.75 Å². The molecule has 7 heteroatoms. The number of hydrogen-bond acceptors (Lipinski definition) is 3. The largest absolute Gasteiger partial charge is 0.493 e. The molecule has 0 unspecified atom stereocenters. The topological polar surface area (TPSA) is 81.4 Å². The van der Waals surface area contributed by atoms with Gasteiger partial charge < -0.3 is 4.74 Å². The third-order valence-corrected chi connectivity index (χ3v) is 3.26. The van der Waals surface area contributed by atoms with E-state index in [1.807, 2.05) is 6.92 Å². The van der Waals surface area contributed by atoms with E-state index >= 15 is 0 Å². The van der Waals surface area contributed by atoms with Crippen molar-refractivity contribution in [2.45, 2.75) is 13.0 Å². The van der Waals surface area contributed by atoms with Crippen LogP contribution in [0.2, 0.25) is 0 Å². The molecule has 1 aliphatic rings. The monoisotopic (exact) mass is 260 g/mol. The van der Waals surface area contributed by atoms with Gasteiger partial charge in [0.2, 0.25) is 0 Å². The van der Waals surface area contributed by atoms with Gasteiger partial charge >= 0.3 is 0 Å². The third-order valence-electron chi connectivity index (χ3n) is 2.67. The van der Waals surface area contributed by atoms with Gasteiger partial charge in [0.15, 0.2) is 0 Å². The zero-order chi connectivity index (χ0) is 12.6. The Morgan fingerprint density at radius 1 is 1.53 bits per heavy atom. The Hall–Kier alpha value is -1.18. The molecule has 94 valence electrons. The number of halogens is 1. The second-order valence-corrected chi connectivity index (χ2v) is 5.44. The maximum Gasteiger partial charge on any atom is 0.274 e. The summed E-state index contributed by atoms with van der Waals surface area (Å²) in [5.74, 6) is -0.150. The van der Waals surface area contributed by atoms with Gasteiger partial charge in [0.05, 0.1) is 12.6 Å². The molecule has 1 aromatic carbocycles. The van der Waals surface area contributed by atoms with Gasteiger partial charge in [0.25, 0.3) is 10.2 Å². The van der Waals surface area contributed by atoms with Crippen molar-refractivity contribution in [3.63, 3.8) is 0 Å². The fourth-order valence-corrected chi connectivity index (χ4v) is 2.58. The van der Waals surface area contributed by atoms with Crippen LogP contribution in [-0.4, -0.2) is 15.0 Å². The minimum atomic E-state index is -3.81. The molecule has 5 nitrogen and oxygen atoms in total. The first-order chi connectivity index (χ1) is 7.87. The summed E-state index contributed by atoms with van der Waals surface area (Å²) in [5.41, 5.74) is 0.596. The maximum atomic E-state index is 13.0. The molecule has 1 aromatic rings. The zero-order valence-corrected chi connectivity index (χ0v) is 10.00. The summed E-state index contributed by atoms with van der Waals surface area (Å²) < 4.78 is 42.8. The predicted molar refractivity (Wildman–Crippen MR) is 60.0 cm³/mol. The average molecular weight is 260 g/mol. The van der Waals surface area contributed by atoms with Gasteiger partial charge in [-0.15, -0.1) is 0 Å². The van der Waals surface area contributed by atoms with E-state index in [0.717, 1.165) is 0 Å². The quantitative estimate of drug-likeness (QED) is 0.820. The molecule has 2 atom stereocenters. The lowest BCUT2D eigenvalue weighted by Crippen LogP contribution is -2.40. The Kier molecular flexibility index (Phi) is 3.07. The van der Waals surface area contributed by atoms with E-state index in [4.69, 9.17) is 9.88 Å². The third kappa shape index (κ3) is 2.74. The highest BCUT2D eigenvalue weighted by Gasteiger charge is 2.30. The summed E-state index contributed by atoms with van der Waals surface area (Å²) >= 11 is 0. The second-order valence-electron chi connectivity index (χ2n) is 4.11. The van der Waals surface area contributed by atoms with E-state index in [0.29, 0.717) is 17.9 Å². The van der Waals surface area contributed by atoms with E-state index in [9.17, 15) is 12.8 Å². The lowest BCUT2D eigenvalue weighted by atomic mass is 9.93. The first-order valence-electron chi connectivity index (χ1n) is 5.09. The molecule has 17 heavy (non-hydrogen) atoms. The lowest BCUT2D eigenvalue weighted by molar-refractivity contribution is 0.199. The molecule has 3 N–H and O–H groups in total. The van der Waals surface area contributed by atoms with Gasteiger partial charge in [0.1, 0.15) is 11.6 Å². The number of nitrogens with two attached hydrogens (primary N) is 1. The highest BCUT2D eigenvalue weighted by Crippen LogP contribution is 2.35. The van der Waals surface area contributed by atoms with Gasteiger partial charge in [-0.1, -0.05) is 13.0 Å². The van der Waals surface area contributed by atoms with E-state index in [1.165, 1.54) is 18.2 Å². The molecular weight excluding hydrogens is 247 g/mol. The molecule has 0 aliphatic carbocycles. The number of fused-ring (bicyclic) bond motifs is 1. The van der Waals surface area contributed by atoms with Crippen LogP contribution in [0.4, 0.5) is 4.39 Å². The van der Waals surface area contributed by atoms with Gasteiger partial charge in [-0.3, -0.25) is 0 Å². The van der Waals surface area contributed by atoms with Crippen LogP contribution in [0.15, 0.2) is 18.2 Å². The van der Waals surface area contributed by atoms with Crippen molar-refractivity contribution in [1.82, 2.24) is 4.72 Å². The number of nitrogens with one attached hydrogen (secondary N) is 1. The van der Waals surface area contributed by atoms with E-state index in [1.54, 1.807) is 0 Å². The van der Waals surface area contributed by atoms with Gasteiger partial charge in [-0.05, 0) is 6.07 Å². The van der Waals surface area contributed by atoms with Crippen LogP contribution in [0, 0.1) is 11.7 Å². The van der Waals surface area contributed by atoms with Crippen LogP contribution in [0.1, 0.15) is 18.5 Å². The van der Waals surface area contributed by atoms with Crippen LogP contribution in [-0.2, 0) is 10.2 Å². The summed E-state index contributed by atoms with van der Waals surface area (Å²) in [5, 5.41) is 4.96.